The lowest BCUT2D eigenvalue weighted by atomic mass is 10.1. The molecule has 0 bridgehead atoms. The lowest BCUT2D eigenvalue weighted by Gasteiger charge is -2.13. The normalized spacial score (nSPS) is 10.8. The van der Waals surface area contributed by atoms with Crippen molar-refractivity contribution in [3.8, 4) is 11.5 Å². The second-order valence-corrected chi connectivity index (χ2v) is 7.32. The summed E-state index contributed by atoms with van der Waals surface area (Å²) in [5.74, 6) is -0.740. The van der Waals surface area contributed by atoms with Gasteiger partial charge < -0.3 is 9.73 Å². The molecule has 0 saturated heterocycles. The monoisotopic (exact) mass is 419 g/mol. The van der Waals surface area contributed by atoms with Crippen LogP contribution < -0.4 is 10.6 Å². The van der Waals surface area contributed by atoms with Crippen molar-refractivity contribution in [2.75, 3.05) is 5.32 Å². The Bertz CT molecular complexity index is 1280. The zero-order valence-corrected chi connectivity index (χ0v) is 17.1. The highest BCUT2D eigenvalue weighted by Crippen LogP contribution is 2.28. The van der Waals surface area contributed by atoms with Gasteiger partial charge in [-0.2, -0.15) is 0 Å². The van der Waals surface area contributed by atoms with E-state index in [9.17, 15) is 9.18 Å². The van der Waals surface area contributed by atoms with E-state index in [1.54, 1.807) is 6.07 Å². The number of amides is 1. The van der Waals surface area contributed by atoms with E-state index in [2.05, 4.69) is 15.6 Å². The second-order valence-electron chi connectivity index (χ2n) is 6.91. The third kappa shape index (κ3) is 4.06. The van der Waals surface area contributed by atoms with Crippen LogP contribution in [0.4, 0.5) is 10.1 Å². The minimum atomic E-state index is -0.617. The lowest BCUT2D eigenvalue weighted by molar-refractivity contribution is 0.0974. The molecule has 7 heteroatoms. The van der Waals surface area contributed by atoms with Gasteiger partial charge in [-0.15, -0.1) is 0 Å². The maximum atomic E-state index is 13.8. The summed E-state index contributed by atoms with van der Waals surface area (Å²) in [5, 5.41) is 5.56. The van der Waals surface area contributed by atoms with Crippen LogP contribution in [0.25, 0.3) is 22.6 Å². The molecule has 1 amide bonds. The lowest BCUT2D eigenvalue weighted by Crippen LogP contribution is -2.34. The smallest absolute Gasteiger partial charge is 0.260 e. The minimum absolute atomic E-state index is 0.0664. The van der Waals surface area contributed by atoms with E-state index >= 15 is 0 Å². The molecule has 0 unspecified atom stereocenters. The SMILES string of the molecule is Cc1ccc2oc(-c3ccc(C)c(NC(=S)NC(=O)c4ccccc4F)c3)nc2c1. The van der Waals surface area contributed by atoms with E-state index in [-0.39, 0.29) is 10.7 Å². The van der Waals surface area contributed by atoms with Crippen LogP contribution in [0.3, 0.4) is 0 Å². The Morgan fingerprint density at radius 3 is 2.67 bits per heavy atom. The molecule has 4 rings (SSSR count). The fourth-order valence-electron chi connectivity index (χ4n) is 3.02. The van der Waals surface area contributed by atoms with Gasteiger partial charge in [0.1, 0.15) is 11.3 Å². The molecule has 1 heterocycles. The van der Waals surface area contributed by atoms with Gasteiger partial charge in [-0.25, -0.2) is 9.37 Å². The summed E-state index contributed by atoms with van der Waals surface area (Å²) in [7, 11) is 0. The standard InChI is InChI=1S/C23H18FN3O2S/c1-13-7-10-20-19(11-13)25-22(29-20)15-9-8-14(2)18(12-15)26-23(30)27-21(28)16-5-3-4-6-17(16)24/h3-12H,1-2H3,(H2,26,27,28,30). The van der Waals surface area contributed by atoms with Gasteiger partial charge in [-0.1, -0.05) is 24.3 Å². The maximum Gasteiger partial charge on any atom is 0.260 e. The first kappa shape index (κ1) is 19.7. The number of carbonyl (C=O) groups is 1. The Morgan fingerprint density at radius 1 is 1.07 bits per heavy atom. The highest BCUT2D eigenvalue weighted by molar-refractivity contribution is 7.80. The summed E-state index contributed by atoms with van der Waals surface area (Å²) >= 11 is 5.24. The van der Waals surface area contributed by atoms with Gasteiger partial charge >= 0.3 is 0 Å². The molecular weight excluding hydrogens is 401 g/mol. The van der Waals surface area contributed by atoms with Crippen LogP contribution >= 0.6 is 12.2 Å². The topological polar surface area (TPSA) is 67.2 Å². The van der Waals surface area contributed by atoms with Gasteiger partial charge in [0.25, 0.3) is 5.91 Å². The van der Waals surface area contributed by atoms with E-state index in [0.717, 1.165) is 22.2 Å². The van der Waals surface area contributed by atoms with Crippen molar-refractivity contribution in [2.45, 2.75) is 13.8 Å². The number of hydrogen-bond acceptors (Lipinski definition) is 4. The number of halogens is 1. The molecule has 0 fully saturated rings. The van der Waals surface area contributed by atoms with Crippen LogP contribution in [0.1, 0.15) is 21.5 Å². The maximum absolute atomic E-state index is 13.8. The number of fused-ring (bicyclic) bond motifs is 1. The fourth-order valence-corrected chi connectivity index (χ4v) is 3.22. The number of rotatable bonds is 3. The molecule has 0 atom stereocenters. The zero-order valence-electron chi connectivity index (χ0n) is 16.3. The number of oxazole rings is 1. The summed E-state index contributed by atoms with van der Waals surface area (Å²) in [6, 6.07) is 17.2. The Morgan fingerprint density at radius 2 is 1.87 bits per heavy atom. The molecule has 30 heavy (non-hydrogen) atoms. The van der Waals surface area contributed by atoms with Gasteiger partial charge in [0.2, 0.25) is 5.89 Å². The van der Waals surface area contributed by atoms with Crippen LogP contribution in [-0.4, -0.2) is 16.0 Å². The molecule has 0 radical (unpaired) electrons. The molecular formula is C23H18FN3O2S. The Labute approximate surface area is 177 Å². The number of thiocarbonyl (C=S) groups is 1. The molecule has 4 aromatic rings. The summed E-state index contributed by atoms with van der Waals surface area (Å²) in [6.07, 6.45) is 0. The van der Waals surface area contributed by atoms with Crippen LogP contribution in [0.5, 0.6) is 0 Å². The predicted octanol–water partition coefficient (Wildman–Crippen LogP) is 5.38. The van der Waals surface area contributed by atoms with Crippen molar-refractivity contribution in [2.24, 2.45) is 0 Å². The summed E-state index contributed by atoms with van der Waals surface area (Å²) < 4.78 is 19.7. The summed E-state index contributed by atoms with van der Waals surface area (Å²) in [4.78, 5) is 16.8. The number of nitrogens with one attached hydrogen (secondary N) is 2. The number of carbonyl (C=O) groups excluding carboxylic acids is 1. The number of nitrogens with zero attached hydrogens (tertiary/aromatic N) is 1. The highest BCUT2D eigenvalue weighted by Gasteiger charge is 2.14. The zero-order chi connectivity index (χ0) is 21.3. The summed E-state index contributed by atoms with van der Waals surface area (Å²) in [5.41, 5.74) is 4.88. The third-order valence-electron chi connectivity index (χ3n) is 4.62. The minimum Gasteiger partial charge on any atom is -0.436 e. The van der Waals surface area contributed by atoms with E-state index in [4.69, 9.17) is 16.6 Å². The van der Waals surface area contributed by atoms with Crippen molar-refractivity contribution in [3.63, 3.8) is 0 Å². The highest BCUT2D eigenvalue weighted by atomic mass is 32.1. The van der Waals surface area contributed by atoms with Crippen LogP contribution in [0.15, 0.2) is 65.1 Å². The van der Waals surface area contributed by atoms with Crippen molar-refractivity contribution in [3.05, 3.63) is 83.2 Å². The molecule has 0 aliphatic heterocycles. The molecule has 5 nitrogen and oxygen atoms in total. The number of benzene rings is 3. The Balaban J connectivity index is 1.55. The van der Waals surface area contributed by atoms with E-state index in [1.807, 2.05) is 50.2 Å². The average molecular weight is 419 g/mol. The van der Waals surface area contributed by atoms with Crippen LogP contribution in [-0.2, 0) is 0 Å². The van der Waals surface area contributed by atoms with Crippen LogP contribution in [0.2, 0.25) is 0 Å². The first-order valence-corrected chi connectivity index (χ1v) is 9.66. The Kier molecular flexibility index (Phi) is 5.29. The van der Waals surface area contributed by atoms with Gasteiger partial charge in [0.05, 0.1) is 5.56 Å². The number of aryl methyl sites for hydroxylation is 2. The molecule has 2 N–H and O–H groups in total. The fraction of sp³-hybridized carbons (Fsp3) is 0.0870. The van der Waals surface area contributed by atoms with Gasteiger partial charge in [-0.3, -0.25) is 10.1 Å². The van der Waals surface area contributed by atoms with Gasteiger partial charge in [0.15, 0.2) is 10.7 Å². The van der Waals surface area contributed by atoms with Gasteiger partial charge in [0, 0.05) is 11.3 Å². The molecule has 0 spiro atoms. The predicted molar refractivity (Wildman–Crippen MR) is 119 cm³/mol. The number of aromatic nitrogens is 1. The van der Waals surface area contributed by atoms with Crippen molar-refractivity contribution < 1.29 is 13.6 Å². The first-order valence-electron chi connectivity index (χ1n) is 9.26. The molecule has 1 aromatic heterocycles. The molecule has 3 aromatic carbocycles. The van der Waals surface area contributed by atoms with Gasteiger partial charge in [-0.05, 0) is 73.6 Å². The first-order chi connectivity index (χ1) is 14.4. The largest absolute Gasteiger partial charge is 0.436 e. The second kappa shape index (κ2) is 8.04. The van der Waals surface area contributed by atoms with Crippen LogP contribution in [0, 0.1) is 19.7 Å². The van der Waals surface area contributed by atoms with E-state index in [0.29, 0.717) is 17.2 Å². The molecule has 0 aliphatic carbocycles. The van der Waals surface area contributed by atoms with Crippen molar-refractivity contribution in [1.29, 1.82) is 0 Å². The molecule has 0 aliphatic rings. The molecule has 0 saturated carbocycles. The number of anilines is 1. The molecule has 150 valence electrons. The van der Waals surface area contributed by atoms with Crippen molar-refractivity contribution >= 4 is 40.0 Å². The van der Waals surface area contributed by atoms with E-state index in [1.165, 1.54) is 18.2 Å². The Hall–Kier alpha value is -3.58. The summed E-state index contributed by atoms with van der Waals surface area (Å²) in [6.45, 7) is 3.90. The quantitative estimate of drug-likeness (QED) is 0.437. The van der Waals surface area contributed by atoms with Crippen molar-refractivity contribution in [1.82, 2.24) is 10.3 Å². The van der Waals surface area contributed by atoms with E-state index < -0.39 is 11.7 Å². The number of hydrogen-bond donors (Lipinski definition) is 2. The third-order valence-corrected chi connectivity index (χ3v) is 4.83. The average Bonchev–Trinajstić information content (AvgIpc) is 3.13.